The smallest absolute Gasteiger partial charge is 0.410 e. The number of rotatable bonds is 5. The molecule has 33 heavy (non-hydrogen) atoms. The van der Waals surface area contributed by atoms with Crippen molar-refractivity contribution < 1.29 is 23.4 Å². The van der Waals surface area contributed by atoms with E-state index in [1.54, 1.807) is 23.1 Å². The van der Waals surface area contributed by atoms with Crippen LogP contribution < -0.4 is 4.74 Å². The quantitative estimate of drug-likeness (QED) is 0.572. The van der Waals surface area contributed by atoms with Gasteiger partial charge >= 0.3 is 6.09 Å². The van der Waals surface area contributed by atoms with Gasteiger partial charge in [-0.2, -0.15) is 0 Å². The summed E-state index contributed by atoms with van der Waals surface area (Å²) < 4.78 is 31.5. The number of benzene rings is 1. The summed E-state index contributed by atoms with van der Waals surface area (Å²) in [5.74, 6) is 0.438. The van der Waals surface area contributed by atoms with Crippen LogP contribution in [0.15, 0.2) is 36.4 Å². The van der Waals surface area contributed by atoms with Gasteiger partial charge in [0.1, 0.15) is 18.0 Å². The Hall–Kier alpha value is -2.67. The first-order valence-electron chi connectivity index (χ1n) is 11.8. The van der Waals surface area contributed by atoms with Crippen molar-refractivity contribution in [3.8, 4) is 5.88 Å². The van der Waals surface area contributed by atoms with Gasteiger partial charge in [-0.1, -0.05) is 18.2 Å². The van der Waals surface area contributed by atoms with Gasteiger partial charge in [-0.25, -0.2) is 14.2 Å². The van der Waals surface area contributed by atoms with Crippen molar-refractivity contribution in [3.63, 3.8) is 0 Å². The van der Waals surface area contributed by atoms with E-state index in [0.29, 0.717) is 24.5 Å². The number of aromatic nitrogens is 1. The van der Waals surface area contributed by atoms with Crippen molar-refractivity contribution in [2.75, 3.05) is 19.7 Å². The normalized spacial score (nSPS) is 19.5. The van der Waals surface area contributed by atoms with Crippen molar-refractivity contribution in [3.05, 3.63) is 59.0 Å². The molecule has 0 radical (unpaired) electrons. The minimum atomic E-state index is -0.495. The lowest BCUT2D eigenvalue weighted by Crippen LogP contribution is -2.41. The molecule has 0 bridgehead atoms. The first-order valence-corrected chi connectivity index (χ1v) is 11.8. The Morgan fingerprint density at radius 2 is 1.97 bits per heavy atom. The average Bonchev–Trinajstić information content (AvgIpc) is 3.32. The van der Waals surface area contributed by atoms with E-state index in [4.69, 9.17) is 14.2 Å². The largest absolute Gasteiger partial charge is 0.473 e. The first kappa shape index (κ1) is 23.5. The minimum Gasteiger partial charge on any atom is -0.473 e. The maximum Gasteiger partial charge on any atom is 0.410 e. The summed E-state index contributed by atoms with van der Waals surface area (Å²) in [5, 5.41) is 0. The molecule has 2 aromatic rings. The van der Waals surface area contributed by atoms with E-state index in [9.17, 15) is 9.18 Å². The van der Waals surface area contributed by atoms with Gasteiger partial charge in [0.05, 0.1) is 6.10 Å². The maximum atomic E-state index is 14.6. The zero-order valence-corrected chi connectivity index (χ0v) is 19.7. The summed E-state index contributed by atoms with van der Waals surface area (Å²) in [7, 11) is 0. The molecule has 2 aliphatic heterocycles. The Labute approximate surface area is 195 Å². The van der Waals surface area contributed by atoms with Gasteiger partial charge in [-0.05, 0) is 64.2 Å². The highest BCUT2D eigenvalue weighted by molar-refractivity contribution is 5.68. The van der Waals surface area contributed by atoms with Crippen LogP contribution in [0.5, 0.6) is 5.88 Å². The van der Waals surface area contributed by atoms with Crippen LogP contribution in [0.3, 0.4) is 0 Å². The molecule has 0 N–H and O–H groups in total. The molecule has 0 spiro atoms. The molecule has 1 atom stereocenters. The van der Waals surface area contributed by atoms with Gasteiger partial charge in [0, 0.05) is 42.9 Å². The fraction of sp³-hybridized carbons (Fsp3) is 0.538. The van der Waals surface area contributed by atoms with E-state index in [1.165, 1.54) is 0 Å². The van der Waals surface area contributed by atoms with Crippen molar-refractivity contribution in [2.24, 2.45) is 0 Å². The van der Waals surface area contributed by atoms with E-state index in [1.807, 2.05) is 39.0 Å². The van der Waals surface area contributed by atoms with Crippen molar-refractivity contribution in [1.29, 1.82) is 0 Å². The fourth-order valence-electron chi connectivity index (χ4n) is 4.30. The number of amides is 1. The summed E-state index contributed by atoms with van der Waals surface area (Å²) in [6.45, 7) is 7.74. The molecule has 2 saturated heterocycles. The highest BCUT2D eigenvalue weighted by Gasteiger charge is 2.28. The van der Waals surface area contributed by atoms with Crippen LogP contribution in [0.2, 0.25) is 0 Å². The molecule has 1 aromatic carbocycles. The lowest BCUT2D eigenvalue weighted by Gasteiger charge is -2.33. The lowest BCUT2D eigenvalue weighted by molar-refractivity contribution is 0.0204. The summed E-state index contributed by atoms with van der Waals surface area (Å²) in [6.07, 6.45) is 3.31. The summed E-state index contributed by atoms with van der Waals surface area (Å²) in [4.78, 5) is 18.7. The zero-order valence-electron chi connectivity index (χ0n) is 19.7. The molecular formula is C26H33FN2O4. The Balaban J connectivity index is 1.32. The number of hydrogen-bond donors (Lipinski definition) is 0. The number of pyridine rings is 1. The molecule has 4 rings (SSSR count). The van der Waals surface area contributed by atoms with Crippen LogP contribution in [-0.4, -0.2) is 41.3 Å². The SMILES string of the molecule is CC(C)(C)OC(=O)N1CCC(c2cccc(OCc3ccc(C4CCCO4)cc3F)n2)CC1. The Morgan fingerprint density at radius 1 is 1.18 bits per heavy atom. The van der Waals surface area contributed by atoms with Gasteiger partial charge in [-0.15, -0.1) is 0 Å². The molecule has 1 unspecified atom stereocenters. The highest BCUT2D eigenvalue weighted by Crippen LogP contribution is 2.31. The van der Waals surface area contributed by atoms with Gasteiger partial charge in [0.2, 0.25) is 5.88 Å². The standard InChI is InChI=1S/C26H33FN2O4/c1-26(2,3)33-25(30)29-13-11-18(12-14-29)22-6-4-8-24(28-22)32-17-20-10-9-19(16-21(20)27)23-7-5-15-31-23/h4,6,8-10,16,18,23H,5,7,11-15,17H2,1-3H3. The van der Waals surface area contributed by atoms with E-state index in [2.05, 4.69) is 4.98 Å². The molecule has 7 heteroatoms. The summed E-state index contributed by atoms with van der Waals surface area (Å²) in [6, 6.07) is 10.9. The monoisotopic (exact) mass is 456 g/mol. The van der Waals surface area contributed by atoms with E-state index >= 15 is 0 Å². The second-order valence-electron chi connectivity index (χ2n) is 9.78. The third-order valence-electron chi connectivity index (χ3n) is 6.06. The van der Waals surface area contributed by atoms with Crippen LogP contribution in [0, 0.1) is 5.82 Å². The Morgan fingerprint density at radius 3 is 2.64 bits per heavy atom. The number of likely N-dealkylation sites (tertiary alicyclic amines) is 1. The number of nitrogens with zero attached hydrogens (tertiary/aromatic N) is 2. The van der Waals surface area contributed by atoms with Crippen LogP contribution in [0.25, 0.3) is 0 Å². The summed E-state index contributed by atoms with van der Waals surface area (Å²) in [5.41, 5.74) is 1.82. The van der Waals surface area contributed by atoms with Gasteiger partial charge in [-0.3, -0.25) is 0 Å². The molecule has 2 fully saturated rings. The molecule has 0 aliphatic carbocycles. The average molecular weight is 457 g/mol. The number of carbonyl (C=O) groups is 1. The van der Waals surface area contributed by atoms with Crippen LogP contribution in [0.1, 0.15) is 75.3 Å². The number of carbonyl (C=O) groups excluding carboxylic acids is 1. The third kappa shape index (κ3) is 6.22. The van der Waals surface area contributed by atoms with Crippen LogP contribution in [-0.2, 0) is 16.1 Å². The Bertz CT molecular complexity index is 961. The predicted molar refractivity (Wildman–Crippen MR) is 123 cm³/mol. The van der Waals surface area contributed by atoms with Crippen molar-refractivity contribution in [1.82, 2.24) is 9.88 Å². The number of piperidine rings is 1. The lowest BCUT2D eigenvalue weighted by atomic mass is 9.93. The fourth-order valence-corrected chi connectivity index (χ4v) is 4.30. The van der Waals surface area contributed by atoms with E-state index in [0.717, 1.165) is 43.5 Å². The van der Waals surface area contributed by atoms with Gasteiger partial charge in [0.15, 0.2) is 0 Å². The van der Waals surface area contributed by atoms with Gasteiger partial charge < -0.3 is 19.1 Å². The molecule has 0 saturated carbocycles. The second kappa shape index (κ2) is 10.1. The second-order valence-corrected chi connectivity index (χ2v) is 9.78. The first-order chi connectivity index (χ1) is 15.8. The topological polar surface area (TPSA) is 60.9 Å². The molecule has 6 nitrogen and oxygen atoms in total. The number of halogens is 1. The zero-order chi connectivity index (χ0) is 23.4. The van der Waals surface area contributed by atoms with Crippen molar-refractivity contribution >= 4 is 6.09 Å². The van der Waals surface area contributed by atoms with Crippen LogP contribution >= 0.6 is 0 Å². The third-order valence-corrected chi connectivity index (χ3v) is 6.06. The molecule has 2 aliphatic rings. The number of ether oxygens (including phenoxy) is 3. The molecule has 178 valence electrons. The highest BCUT2D eigenvalue weighted by atomic mass is 19.1. The van der Waals surface area contributed by atoms with Gasteiger partial charge in [0.25, 0.3) is 0 Å². The predicted octanol–water partition coefficient (Wildman–Crippen LogP) is 5.77. The van der Waals surface area contributed by atoms with Crippen molar-refractivity contribution in [2.45, 2.75) is 70.7 Å². The van der Waals surface area contributed by atoms with E-state index < -0.39 is 5.60 Å². The Kier molecular flexibility index (Phi) is 7.17. The summed E-state index contributed by atoms with van der Waals surface area (Å²) >= 11 is 0. The molecule has 1 aromatic heterocycles. The van der Waals surface area contributed by atoms with Crippen LogP contribution in [0.4, 0.5) is 9.18 Å². The molecule has 3 heterocycles. The molecule has 1 amide bonds. The number of hydrogen-bond acceptors (Lipinski definition) is 5. The molecular weight excluding hydrogens is 423 g/mol. The minimum absolute atomic E-state index is 0.00504. The maximum absolute atomic E-state index is 14.6. The van der Waals surface area contributed by atoms with E-state index in [-0.39, 0.29) is 30.5 Å².